The van der Waals surface area contributed by atoms with E-state index in [1.807, 2.05) is 0 Å². The average molecular weight is 378 g/mol. The number of rotatable bonds is 1. The highest BCUT2D eigenvalue weighted by atomic mass is 16.7. The Kier molecular flexibility index (Phi) is 3.53. The molecule has 4 aliphatic carbocycles. The van der Waals surface area contributed by atoms with E-state index < -0.39 is 41.3 Å². The molecule has 10 atom stereocenters. The van der Waals surface area contributed by atoms with Crippen LogP contribution in [0.1, 0.15) is 39.5 Å². The minimum absolute atomic E-state index is 0.00431. The smallest absolute Gasteiger partial charge is 0.171 e. The topological polar surface area (TPSA) is 96.2 Å². The van der Waals surface area contributed by atoms with Crippen LogP contribution in [0.3, 0.4) is 0 Å². The molecule has 0 aromatic carbocycles. The zero-order valence-corrected chi connectivity index (χ0v) is 16.2. The number of hydrogen-bond donors (Lipinski definition) is 3. The molecule has 0 unspecified atom stereocenters. The number of aliphatic hydroxyl groups is 3. The first-order valence-corrected chi connectivity index (χ1v) is 10.1. The van der Waals surface area contributed by atoms with E-state index in [0.29, 0.717) is 31.3 Å². The lowest BCUT2D eigenvalue weighted by molar-refractivity contribution is -0.272. The maximum absolute atomic E-state index is 13.6. The van der Waals surface area contributed by atoms with E-state index >= 15 is 0 Å². The summed E-state index contributed by atoms with van der Waals surface area (Å²) in [5.41, 5.74) is -1.74. The van der Waals surface area contributed by atoms with Gasteiger partial charge in [-0.15, -0.1) is 0 Å². The SMILES string of the molecule is C=C1[C@@H]2C[C@H]3O[C@@H](OC)[C@@]45[C@H]([C@H](O)C(=O)[C@](C2)([C@@H]1O)[C@@H]34)C(C)(C)CC[C@@H]5O. The van der Waals surface area contributed by atoms with Gasteiger partial charge in [0.05, 0.1) is 29.1 Å². The van der Waals surface area contributed by atoms with Crippen molar-refractivity contribution in [3.8, 4) is 0 Å². The van der Waals surface area contributed by atoms with Gasteiger partial charge >= 0.3 is 0 Å². The fourth-order valence-electron chi connectivity index (χ4n) is 8.09. The Hall–Kier alpha value is -0.790. The van der Waals surface area contributed by atoms with Gasteiger partial charge in [-0.05, 0) is 42.6 Å². The van der Waals surface area contributed by atoms with E-state index in [-0.39, 0.29) is 29.1 Å². The van der Waals surface area contributed by atoms with Crippen molar-refractivity contribution < 1.29 is 29.6 Å². The maximum atomic E-state index is 13.6. The minimum atomic E-state index is -1.26. The Morgan fingerprint density at radius 2 is 1.93 bits per heavy atom. The van der Waals surface area contributed by atoms with E-state index in [0.717, 1.165) is 0 Å². The van der Waals surface area contributed by atoms with E-state index in [2.05, 4.69) is 20.4 Å². The Labute approximate surface area is 159 Å². The van der Waals surface area contributed by atoms with Gasteiger partial charge in [0, 0.05) is 18.9 Å². The van der Waals surface area contributed by atoms with E-state index in [1.54, 1.807) is 7.11 Å². The third kappa shape index (κ3) is 1.75. The van der Waals surface area contributed by atoms with Crippen molar-refractivity contribution >= 4 is 5.78 Å². The number of ketones is 1. The normalized spacial score (nSPS) is 58.1. The van der Waals surface area contributed by atoms with Gasteiger partial charge in [-0.3, -0.25) is 4.79 Å². The Bertz CT molecular complexity index is 717. The average Bonchev–Trinajstić information content (AvgIpc) is 3.05. The molecule has 0 amide bonds. The van der Waals surface area contributed by atoms with Crippen LogP contribution in [0.2, 0.25) is 0 Å². The van der Waals surface area contributed by atoms with Crippen molar-refractivity contribution in [3.63, 3.8) is 0 Å². The third-order valence-corrected chi connectivity index (χ3v) is 8.91. The lowest BCUT2D eigenvalue weighted by Crippen LogP contribution is -2.74. The minimum Gasteiger partial charge on any atom is -0.392 e. The van der Waals surface area contributed by atoms with Gasteiger partial charge in [-0.2, -0.15) is 0 Å². The standard InChI is InChI=1S/C21H30O6/c1-9-10-7-11-14-20(8-10,16(9)24)17(25)13(23)15-19(2,3)6-5-12(22)21(14,15)18(26-4)27-11/h10-16,18,22-24H,1,5-8H2,2-4H3/t10-,11-,12+,13+,14-,15-,16-,18-,20+,21-/m1/s1. The molecule has 6 heteroatoms. The quantitative estimate of drug-likeness (QED) is 0.590. The predicted molar refractivity (Wildman–Crippen MR) is 95.4 cm³/mol. The van der Waals surface area contributed by atoms with Crippen LogP contribution in [-0.4, -0.2) is 58.9 Å². The van der Waals surface area contributed by atoms with Gasteiger partial charge < -0.3 is 24.8 Å². The molecule has 0 radical (unpaired) electrons. The molecule has 2 spiro atoms. The molecule has 27 heavy (non-hydrogen) atoms. The Morgan fingerprint density at radius 1 is 1.22 bits per heavy atom. The Balaban J connectivity index is 1.80. The molecule has 2 bridgehead atoms. The number of hydrogen-bond acceptors (Lipinski definition) is 6. The van der Waals surface area contributed by atoms with Crippen molar-refractivity contribution in [2.24, 2.45) is 34.0 Å². The molecule has 150 valence electrons. The van der Waals surface area contributed by atoms with Crippen molar-refractivity contribution in [1.82, 2.24) is 0 Å². The molecule has 6 nitrogen and oxygen atoms in total. The second-order valence-corrected chi connectivity index (χ2v) is 10.2. The summed E-state index contributed by atoms with van der Waals surface area (Å²) < 4.78 is 12.1. The van der Waals surface area contributed by atoms with Gasteiger partial charge in [0.25, 0.3) is 0 Å². The van der Waals surface area contributed by atoms with Crippen LogP contribution in [0.4, 0.5) is 0 Å². The van der Waals surface area contributed by atoms with E-state index in [4.69, 9.17) is 9.47 Å². The van der Waals surface area contributed by atoms with Crippen LogP contribution >= 0.6 is 0 Å². The van der Waals surface area contributed by atoms with Gasteiger partial charge in [0.1, 0.15) is 6.10 Å². The van der Waals surface area contributed by atoms with Crippen LogP contribution in [0.5, 0.6) is 0 Å². The monoisotopic (exact) mass is 378 g/mol. The predicted octanol–water partition coefficient (Wildman–Crippen LogP) is 1.03. The lowest BCUT2D eigenvalue weighted by Gasteiger charge is -2.65. The number of aliphatic hydroxyl groups excluding tert-OH is 3. The highest BCUT2D eigenvalue weighted by Crippen LogP contribution is 2.75. The van der Waals surface area contributed by atoms with Crippen LogP contribution in [0.15, 0.2) is 12.2 Å². The maximum Gasteiger partial charge on any atom is 0.171 e. The summed E-state index contributed by atoms with van der Waals surface area (Å²) in [4.78, 5) is 13.6. The molecular weight excluding hydrogens is 348 g/mol. The highest BCUT2D eigenvalue weighted by Gasteiger charge is 2.82. The van der Waals surface area contributed by atoms with Gasteiger partial charge in [0.15, 0.2) is 12.1 Å². The Morgan fingerprint density at radius 3 is 2.59 bits per heavy atom. The molecule has 1 saturated heterocycles. The summed E-state index contributed by atoms with van der Waals surface area (Å²) in [5, 5.41) is 33.8. The summed E-state index contributed by atoms with van der Waals surface area (Å²) in [7, 11) is 1.56. The fourth-order valence-corrected chi connectivity index (χ4v) is 8.09. The van der Waals surface area contributed by atoms with Crippen LogP contribution in [-0.2, 0) is 14.3 Å². The van der Waals surface area contributed by atoms with Gasteiger partial charge in [0.2, 0.25) is 0 Å². The second kappa shape index (κ2) is 5.22. The number of fused-ring (bicyclic) bond motifs is 1. The first-order chi connectivity index (χ1) is 12.6. The molecule has 5 aliphatic rings. The second-order valence-electron chi connectivity index (χ2n) is 10.2. The molecule has 5 fully saturated rings. The summed E-state index contributed by atoms with van der Waals surface area (Å²) in [6.45, 7) is 8.16. The number of methoxy groups -OCH3 is 1. The van der Waals surface area contributed by atoms with Crippen LogP contribution in [0.25, 0.3) is 0 Å². The molecule has 1 aliphatic heterocycles. The van der Waals surface area contributed by atoms with Crippen LogP contribution in [0, 0.1) is 34.0 Å². The van der Waals surface area contributed by atoms with Crippen molar-refractivity contribution in [2.75, 3.05) is 7.11 Å². The number of ether oxygens (including phenoxy) is 2. The van der Waals surface area contributed by atoms with Crippen LogP contribution < -0.4 is 0 Å². The van der Waals surface area contributed by atoms with Crippen molar-refractivity contribution in [2.45, 2.75) is 70.2 Å². The molecule has 5 rings (SSSR count). The molecule has 3 N–H and O–H groups in total. The van der Waals surface area contributed by atoms with E-state index in [1.165, 1.54) is 0 Å². The summed E-state index contributed by atoms with van der Waals surface area (Å²) >= 11 is 0. The molecular formula is C21H30O6. The number of carbonyl (C=O) groups excluding carboxylic acids is 1. The zero-order valence-electron chi connectivity index (χ0n) is 16.2. The molecule has 0 aromatic heterocycles. The van der Waals surface area contributed by atoms with Gasteiger partial charge in [-0.1, -0.05) is 20.4 Å². The van der Waals surface area contributed by atoms with E-state index in [9.17, 15) is 20.1 Å². The largest absolute Gasteiger partial charge is 0.392 e. The van der Waals surface area contributed by atoms with Gasteiger partial charge in [-0.25, -0.2) is 0 Å². The van der Waals surface area contributed by atoms with Crippen molar-refractivity contribution in [3.05, 3.63) is 12.2 Å². The first kappa shape index (κ1) is 18.3. The summed E-state index contributed by atoms with van der Waals surface area (Å²) in [6, 6.07) is 0. The summed E-state index contributed by atoms with van der Waals surface area (Å²) in [6.07, 6.45) is -1.58. The number of carbonyl (C=O) groups is 1. The molecule has 0 aromatic rings. The third-order valence-electron chi connectivity index (χ3n) is 8.91. The van der Waals surface area contributed by atoms with Crippen molar-refractivity contribution in [1.29, 1.82) is 0 Å². The fraction of sp³-hybridized carbons (Fsp3) is 0.857. The first-order valence-electron chi connectivity index (χ1n) is 10.1. The lowest BCUT2D eigenvalue weighted by atomic mass is 9.38. The molecule has 4 saturated carbocycles. The molecule has 1 heterocycles. The summed E-state index contributed by atoms with van der Waals surface area (Å²) in [5.74, 6) is -1.16. The highest BCUT2D eigenvalue weighted by molar-refractivity contribution is 5.93. The zero-order chi connectivity index (χ0) is 19.5. The number of Topliss-reactive ketones (excluding diaryl/α,β-unsaturated/α-hetero) is 1.